The molecular weight excluding hydrogens is 320 g/mol. The Bertz CT molecular complexity index is 640. The van der Waals surface area contributed by atoms with E-state index in [0.29, 0.717) is 0 Å². The number of methoxy groups -OCH3 is 1. The van der Waals surface area contributed by atoms with Crippen LogP contribution in [-0.2, 0) is 6.42 Å². The predicted octanol–water partition coefficient (Wildman–Crippen LogP) is 3.47. The largest absolute Gasteiger partial charge is 0.497 e. The zero-order valence-corrected chi connectivity index (χ0v) is 12.7. The molecular formula is C16H15BrO3. The summed E-state index contributed by atoms with van der Waals surface area (Å²) < 4.78 is 11.6. The van der Waals surface area contributed by atoms with Gasteiger partial charge in [-0.25, -0.2) is 0 Å². The SMILES string of the molecule is COc1ccc(Br)c(C(O)c2ccc3c(c2)CCO3)c1. The van der Waals surface area contributed by atoms with Crippen molar-refractivity contribution >= 4 is 15.9 Å². The number of rotatable bonds is 3. The Labute approximate surface area is 126 Å². The van der Waals surface area contributed by atoms with Crippen molar-refractivity contribution in [2.75, 3.05) is 13.7 Å². The highest BCUT2D eigenvalue weighted by Gasteiger charge is 2.18. The van der Waals surface area contributed by atoms with Crippen molar-refractivity contribution in [2.24, 2.45) is 0 Å². The molecule has 3 nitrogen and oxygen atoms in total. The van der Waals surface area contributed by atoms with Crippen molar-refractivity contribution in [1.29, 1.82) is 0 Å². The molecule has 4 heteroatoms. The van der Waals surface area contributed by atoms with Gasteiger partial charge in [-0.3, -0.25) is 0 Å². The van der Waals surface area contributed by atoms with E-state index in [1.807, 2.05) is 36.4 Å². The lowest BCUT2D eigenvalue weighted by Crippen LogP contribution is -2.02. The van der Waals surface area contributed by atoms with E-state index in [1.54, 1.807) is 7.11 Å². The zero-order valence-electron chi connectivity index (χ0n) is 11.1. The Hall–Kier alpha value is -1.52. The highest BCUT2D eigenvalue weighted by Crippen LogP contribution is 2.34. The first-order valence-electron chi connectivity index (χ1n) is 6.46. The van der Waals surface area contributed by atoms with Crippen molar-refractivity contribution in [3.8, 4) is 11.5 Å². The standard InChI is InChI=1S/C16H15BrO3/c1-19-12-3-4-14(17)13(9-12)16(18)11-2-5-15-10(8-11)6-7-20-15/h2-5,8-9,16,18H,6-7H2,1H3. The molecule has 1 atom stereocenters. The molecule has 3 rings (SSSR count). The first-order chi connectivity index (χ1) is 9.69. The monoisotopic (exact) mass is 334 g/mol. The lowest BCUT2D eigenvalue weighted by molar-refractivity contribution is 0.219. The smallest absolute Gasteiger partial charge is 0.122 e. The van der Waals surface area contributed by atoms with E-state index < -0.39 is 6.10 Å². The molecule has 1 unspecified atom stereocenters. The maximum absolute atomic E-state index is 10.6. The summed E-state index contributed by atoms with van der Waals surface area (Å²) in [5.41, 5.74) is 2.81. The van der Waals surface area contributed by atoms with Gasteiger partial charge in [0.1, 0.15) is 17.6 Å². The van der Waals surface area contributed by atoms with Crippen LogP contribution in [0.5, 0.6) is 11.5 Å². The molecule has 0 amide bonds. The maximum Gasteiger partial charge on any atom is 0.122 e. The Kier molecular flexibility index (Phi) is 3.68. The number of aliphatic hydroxyl groups excluding tert-OH is 1. The summed E-state index contributed by atoms with van der Waals surface area (Å²) in [7, 11) is 1.62. The van der Waals surface area contributed by atoms with E-state index in [4.69, 9.17) is 9.47 Å². The minimum atomic E-state index is -0.689. The first kappa shape index (κ1) is 13.5. The van der Waals surface area contributed by atoms with E-state index in [0.717, 1.165) is 45.7 Å². The lowest BCUT2D eigenvalue weighted by atomic mass is 9.99. The van der Waals surface area contributed by atoms with Gasteiger partial charge in [-0.1, -0.05) is 22.0 Å². The Balaban J connectivity index is 1.98. The third-order valence-electron chi connectivity index (χ3n) is 3.53. The fourth-order valence-corrected chi connectivity index (χ4v) is 2.88. The van der Waals surface area contributed by atoms with Crippen molar-refractivity contribution < 1.29 is 14.6 Å². The van der Waals surface area contributed by atoms with Crippen LogP contribution >= 0.6 is 15.9 Å². The molecule has 0 bridgehead atoms. The quantitative estimate of drug-likeness (QED) is 0.933. The van der Waals surface area contributed by atoms with Gasteiger partial charge < -0.3 is 14.6 Å². The molecule has 0 aliphatic carbocycles. The van der Waals surface area contributed by atoms with E-state index in [2.05, 4.69) is 15.9 Å². The molecule has 1 heterocycles. The normalized spacial score (nSPS) is 14.6. The van der Waals surface area contributed by atoms with Crippen LogP contribution < -0.4 is 9.47 Å². The van der Waals surface area contributed by atoms with E-state index >= 15 is 0 Å². The molecule has 0 radical (unpaired) electrons. The summed E-state index contributed by atoms with van der Waals surface area (Å²) >= 11 is 3.48. The molecule has 0 saturated carbocycles. The van der Waals surface area contributed by atoms with E-state index in [1.165, 1.54) is 0 Å². The van der Waals surface area contributed by atoms with Gasteiger partial charge in [0, 0.05) is 16.5 Å². The molecule has 1 aliphatic heterocycles. The van der Waals surface area contributed by atoms with Crippen molar-refractivity contribution in [3.63, 3.8) is 0 Å². The topological polar surface area (TPSA) is 38.7 Å². The molecule has 104 valence electrons. The summed E-state index contributed by atoms with van der Waals surface area (Å²) in [4.78, 5) is 0. The predicted molar refractivity (Wildman–Crippen MR) is 80.4 cm³/mol. The second-order valence-electron chi connectivity index (χ2n) is 4.76. The minimum absolute atomic E-state index is 0.689. The molecule has 1 N–H and O–H groups in total. The number of fused-ring (bicyclic) bond motifs is 1. The average molecular weight is 335 g/mol. The summed E-state index contributed by atoms with van der Waals surface area (Å²) in [5, 5.41) is 10.6. The van der Waals surface area contributed by atoms with Crippen molar-refractivity contribution in [3.05, 3.63) is 57.6 Å². The summed E-state index contributed by atoms with van der Waals surface area (Å²) in [6.07, 6.45) is 0.209. The third-order valence-corrected chi connectivity index (χ3v) is 4.25. The van der Waals surface area contributed by atoms with Crippen molar-refractivity contribution in [1.82, 2.24) is 0 Å². The van der Waals surface area contributed by atoms with Gasteiger partial charge in [0.25, 0.3) is 0 Å². The zero-order chi connectivity index (χ0) is 14.1. The maximum atomic E-state index is 10.6. The Morgan fingerprint density at radius 1 is 1.25 bits per heavy atom. The number of aliphatic hydroxyl groups is 1. The second kappa shape index (κ2) is 5.46. The van der Waals surface area contributed by atoms with Gasteiger partial charge in [-0.05, 0) is 41.5 Å². The van der Waals surface area contributed by atoms with Gasteiger partial charge in [-0.15, -0.1) is 0 Å². The van der Waals surface area contributed by atoms with Crippen LogP contribution in [0.15, 0.2) is 40.9 Å². The van der Waals surface area contributed by atoms with Crippen LogP contribution in [0.1, 0.15) is 22.8 Å². The minimum Gasteiger partial charge on any atom is -0.497 e. The third kappa shape index (κ3) is 2.41. The summed E-state index contributed by atoms with van der Waals surface area (Å²) in [6.45, 7) is 0.720. The van der Waals surface area contributed by atoms with Crippen LogP contribution in [0.2, 0.25) is 0 Å². The number of hydrogen-bond donors (Lipinski definition) is 1. The van der Waals surface area contributed by atoms with Gasteiger partial charge >= 0.3 is 0 Å². The average Bonchev–Trinajstić information content (AvgIpc) is 2.94. The number of halogens is 1. The Morgan fingerprint density at radius 2 is 2.10 bits per heavy atom. The number of ether oxygens (including phenoxy) is 2. The molecule has 0 saturated heterocycles. The lowest BCUT2D eigenvalue weighted by Gasteiger charge is -2.15. The first-order valence-corrected chi connectivity index (χ1v) is 7.25. The van der Waals surface area contributed by atoms with E-state index in [-0.39, 0.29) is 0 Å². The Morgan fingerprint density at radius 3 is 2.90 bits per heavy atom. The van der Waals surface area contributed by atoms with Gasteiger partial charge in [0.15, 0.2) is 0 Å². The van der Waals surface area contributed by atoms with Gasteiger partial charge in [-0.2, -0.15) is 0 Å². The highest BCUT2D eigenvalue weighted by molar-refractivity contribution is 9.10. The number of hydrogen-bond acceptors (Lipinski definition) is 3. The molecule has 2 aromatic rings. The van der Waals surface area contributed by atoms with Crippen LogP contribution in [0.4, 0.5) is 0 Å². The summed E-state index contributed by atoms with van der Waals surface area (Å²) in [6, 6.07) is 11.4. The van der Waals surface area contributed by atoms with Gasteiger partial charge in [0.05, 0.1) is 13.7 Å². The fourth-order valence-electron chi connectivity index (χ4n) is 2.41. The molecule has 1 aliphatic rings. The van der Waals surface area contributed by atoms with Crippen LogP contribution in [0, 0.1) is 0 Å². The fraction of sp³-hybridized carbons (Fsp3) is 0.250. The van der Waals surface area contributed by atoms with Crippen molar-refractivity contribution in [2.45, 2.75) is 12.5 Å². The molecule has 0 aromatic heterocycles. The van der Waals surface area contributed by atoms with Crippen LogP contribution in [0.25, 0.3) is 0 Å². The molecule has 20 heavy (non-hydrogen) atoms. The molecule has 0 fully saturated rings. The molecule has 2 aromatic carbocycles. The van der Waals surface area contributed by atoms with Crippen LogP contribution in [-0.4, -0.2) is 18.8 Å². The highest BCUT2D eigenvalue weighted by atomic mass is 79.9. The number of benzene rings is 2. The summed E-state index contributed by atoms with van der Waals surface area (Å²) in [5.74, 6) is 1.65. The van der Waals surface area contributed by atoms with E-state index in [9.17, 15) is 5.11 Å². The van der Waals surface area contributed by atoms with Gasteiger partial charge in [0.2, 0.25) is 0 Å². The molecule has 0 spiro atoms. The van der Waals surface area contributed by atoms with Crippen LogP contribution in [0.3, 0.4) is 0 Å². The second-order valence-corrected chi connectivity index (χ2v) is 5.61.